The van der Waals surface area contributed by atoms with Crippen LogP contribution in [-0.4, -0.2) is 58.5 Å². The number of hydrogen-bond acceptors (Lipinski definition) is 3. The maximum atomic E-state index is 12.9. The number of nitrogens with zero attached hydrogens (tertiary/aromatic N) is 3. The molecule has 0 radical (unpaired) electrons. The molecule has 31 heavy (non-hydrogen) atoms. The zero-order valence-electron chi connectivity index (χ0n) is 17.3. The maximum Gasteiger partial charge on any atom is 0.263 e. The molecule has 1 unspecified atom stereocenters. The van der Waals surface area contributed by atoms with Gasteiger partial charge in [0.15, 0.2) is 6.10 Å². The Balaban J connectivity index is 1.31. The van der Waals surface area contributed by atoms with Gasteiger partial charge >= 0.3 is 0 Å². The number of carbonyl (C=O) groups excluding carboxylic acids is 2. The predicted molar refractivity (Wildman–Crippen MR) is 120 cm³/mol. The summed E-state index contributed by atoms with van der Waals surface area (Å²) < 4.78 is 7.73. The average Bonchev–Trinajstić information content (AvgIpc) is 3.35. The van der Waals surface area contributed by atoms with Crippen LogP contribution in [0.15, 0.2) is 73.1 Å². The van der Waals surface area contributed by atoms with Gasteiger partial charge in [0.05, 0.1) is 0 Å². The predicted octanol–water partition coefficient (Wildman–Crippen LogP) is 3.88. The van der Waals surface area contributed by atoms with Crippen LogP contribution >= 0.6 is 11.6 Å². The van der Waals surface area contributed by atoms with Crippen LogP contribution in [0.1, 0.15) is 17.3 Å². The summed E-state index contributed by atoms with van der Waals surface area (Å²) >= 11 is 5.88. The second-order valence-electron chi connectivity index (χ2n) is 7.47. The molecule has 160 valence electrons. The van der Waals surface area contributed by atoms with Crippen LogP contribution in [-0.2, 0) is 4.79 Å². The van der Waals surface area contributed by atoms with Crippen molar-refractivity contribution >= 4 is 23.4 Å². The third-order valence-corrected chi connectivity index (χ3v) is 5.62. The van der Waals surface area contributed by atoms with Gasteiger partial charge in [-0.25, -0.2) is 0 Å². The number of halogens is 1. The highest BCUT2D eigenvalue weighted by Gasteiger charge is 2.28. The molecule has 4 rings (SSSR count). The number of rotatable bonds is 5. The van der Waals surface area contributed by atoms with Crippen molar-refractivity contribution in [2.24, 2.45) is 0 Å². The minimum atomic E-state index is -0.607. The topological polar surface area (TPSA) is 54.8 Å². The van der Waals surface area contributed by atoms with Crippen molar-refractivity contribution in [2.75, 3.05) is 26.2 Å². The lowest BCUT2D eigenvalue weighted by molar-refractivity contribution is -0.139. The lowest BCUT2D eigenvalue weighted by Gasteiger charge is -2.36. The van der Waals surface area contributed by atoms with E-state index in [-0.39, 0.29) is 11.8 Å². The Morgan fingerprint density at radius 2 is 1.45 bits per heavy atom. The van der Waals surface area contributed by atoms with Crippen molar-refractivity contribution in [3.8, 4) is 11.4 Å². The fourth-order valence-electron chi connectivity index (χ4n) is 3.62. The van der Waals surface area contributed by atoms with E-state index in [0.717, 1.165) is 5.69 Å². The highest BCUT2D eigenvalue weighted by molar-refractivity contribution is 6.30. The maximum absolute atomic E-state index is 12.9. The molecule has 1 atom stereocenters. The molecule has 2 heterocycles. The van der Waals surface area contributed by atoms with Gasteiger partial charge in [-0.2, -0.15) is 0 Å². The van der Waals surface area contributed by atoms with Gasteiger partial charge in [0.25, 0.3) is 11.8 Å². The minimum absolute atomic E-state index is 0.0170. The van der Waals surface area contributed by atoms with Crippen molar-refractivity contribution in [1.29, 1.82) is 0 Å². The summed E-state index contributed by atoms with van der Waals surface area (Å²) in [5, 5.41) is 0.617. The van der Waals surface area contributed by atoms with E-state index < -0.39 is 6.10 Å². The van der Waals surface area contributed by atoms with Crippen molar-refractivity contribution in [3.63, 3.8) is 0 Å². The molecule has 6 nitrogen and oxygen atoms in total. The van der Waals surface area contributed by atoms with Gasteiger partial charge in [0, 0.05) is 54.8 Å². The van der Waals surface area contributed by atoms with Crippen LogP contribution in [0, 0.1) is 0 Å². The molecule has 1 aliphatic rings. The second-order valence-corrected chi connectivity index (χ2v) is 7.91. The summed E-state index contributed by atoms with van der Waals surface area (Å²) in [5.74, 6) is 0.497. The molecule has 2 amide bonds. The third-order valence-electron chi connectivity index (χ3n) is 5.37. The Morgan fingerprint density at radius 1 is 0.871 bits per heavy atom. The minimum Gasteiger partial charge on any atom is -0.481 e. The van der Waals surface area contributed by atoms with Crippen LogP contribution in [0.4, 0.5) is 0 Å². The molecular weight excluding hydrogens is 414 g/mol. The first-order valence-corrected chi connectivity index (χ1v) is 10.6. The SMILES string of the molecule is CC(Oc1ccc(Cl)cc1)C(=O)N1CCN(C(=O)c2ccc(-n3cccc3)cc2)CC1. The van der Waals surface area contributed by atoms with Crippen LogP contribution < -0.4 is 4.74 Å². The lowest BCUT2D eigenvalue weighted by Crippen LogP contribution is -2.53. The first kappa shape index (κ1) is 21.0. The van der Waals surface area contributed by atoms with Crippen LogP contribution in [0.25, 0.3) is 5.69 Å². The Kier molecular flexibility index (Phi) is 6.28. The van der Waals surface area contributed by atoms with Crippen LogP contribution in [0.5, 0.6) is 5.75 Å². The van der Waals surface area contributed by atoms with Gasteiger partial charge in [-0.15, -0.1) is 0 Å². The fourth-order valence-corrected chi connectivity index (χ4v) is 3.75. The zero-order chi connectivity index (χ0) is 21.8. The van der Waals surface area contributed by atoms with E-state index in [4.69, 9.17) is 16.3 Å². The van der Waals surface area contributed by atoms with Gasteiger partial charge in [-0.3, -0.25) is 9.59 Å². The monoisotopic (exact) mass is 437 g/mol. The molecule has 3 aromatic rings. The summed E-state index contributed by atoms with van der Waals surface area (Å²) in [4.78, 5) is 29.1. The van der Waals surface area contributed by atoms with E-state index in [9.17, 15) is 9.59 Å². The van der Waals surface area contributed by atoms with E-state index in [1.807, 2.05) is 53.4 Å². The van der Waals surface area contributed by atoms with Crippen molar-refractivity contribution in [3.05, 3.63) is 83.6 Å². The summed E-state index contributed by atoms with van der Waals surface area (Å²) in [7, 11) is 0. The van der Waals surface area contributed by atoms with Gasteiger partial charge in [0.2, 0.25) is 0 Å². The number of carbonyl (C=O) groups is 2. The van der Waals surface area contributed by atoms with Gasteiger partial charge in [-0.05, 0) is 67.6 Å². The molecule has 7 heteroatoms. The number of piperazine rings is 1. The highest BCUT2D eigenvalue weighted by Crippen LogP contribution is 2.18. The van der Waals surface area contributed by atoms with E-state index in [0.29, 0.717) is 42.5 Å². The van der Waals surface area contributed by atoms with Crippen molar-refractivity contribution < 1.29 is 14.3 Å². The average molecular weight is 438 g/mol. The Hall–Kier alpha value is -3.25. The van der Waals surface area contributed by atoms with Gasteiger partial charge < -0.3 is 19.1 Å². The summed E-state index contributed by atoms with van der Waals surface area (Å²) in [6.45, 7) is 3.70. The molecular formula is C24H24ClN3O3. The van der Waals surface area contributed by atoms with Gasteiger partial charge in [-0.1, -0.05) is 11.6 Å². The standard InChI is InChI=1S/C24H24ClN3O3/c1-18(31-22-10-6-20(25)7-11-22)23(29)27-14-16-28(17-15-27)24(30)19-4-8-21(9-5-19)26-12-2-3-13-26/h2-13,18H,14-17H2,1H3. The van der Waals surface area contributed by atoms with E-state index in [1.165, 1.54) is 0 Å². The van der Waals surface area contributed by atoms with Crippen LogP contribution in [0.2, 0.25) is 5.02 Å². The number of aromatic nitrogens is 1. The molecule has 0 aliphatic carbocycles. The highest BCUT2D eigenvalue weighted by atomic mass is 35.5. The molecule has 2 aromatic carbocycles. The first-order chi connectivity index (χ1) is 15.0. The Morgan fingerprint density at radius 3 is 2.06 bits per heavy atom. The Labute approximate surface area is 186 Å². The molecule has 1 saturated heterocycles. The lowest BCUT2D eigenvalue weighted by atomic mass is 10.1. The molecule has 0 spiro atoms. The molecule has 1 fully saturated rings. The first-order valence-electron chi connectivity index (χ1n) is 10.2. The largest absolute Gasteiger partial charge is 0.481 e. The number of hydrogen-bond donors (Lipinski definition) is 0. The molecule has 1 aromatic heterocycles. The van der Waals surface area contributed by atoms with Crippen LogP contribution in [0.3, 0.4) is 0 Å². The van der Waals surface area contributed by atoms with E-state index >= 15 is 0 Å². The number of benzene rings is 2. The normalized spacial score (nSPS) is 14.9. The molecule has 0 N–H and O–H groups in total. The van der Waals surface area contributed by atoms with Crippen molar-refractivity contribution in [2.45, 2.75) is 13.0 Å². The smallest absolute Gasteiger partial charge is 0.263 e. The molecule has 0 bridgehead atoms. The van der Waals surface area contributed by atoms with E-state index in [1.54, 1.807) is 41.0 Å². The Bertz CT molecular complexity index is 1020. The fraction of sp³-hybridized carbons (Fsp3) is 0.250. The van der Waals surface area contributed by atoms with Gasteiger partial charge in [0.1, 0.15) is 5.75 Å². The van der Waals surface area contributed by atoms with E-state index in [2.05, 4.69) is 0 Å². The third kappa shape index (κ3) is 4.91. The summed E-state index contributed by atoms with van der Waals surface area (Å²) in [6.07, 6.45) is 3.32. The zero-order valence-corrected chi connectivity index (χ0v) is 18.0. The summed E-state index contributed by atoms with van der Waals surface area (Å²) in [5.41, 5.74) is 1.65. The number of ether oxygens (including phenoxy) is 1. The number of amides is 2. The quantitative estimate of drug-likeness (QED) is 0.608. The molecule has 1 aliphatic heterocycles. The second kappa shape index (κ2) is 9.27. The molecule has 0 saturated carbocycles. The van der Waals surface area contributed by atoms with Crippen molar-refractivity contribution in [1.82, 2.24) is 14.4 Å². The summed E-state index contributed by atoms with van der Waals surface area (Å²) in [6, 6.07) is 18.4.